The summed E-state index contributed by atoms with van der Waals surface area (Å²) in [5, 5.41) is 12.9. The number of halogens is 2. The molecule has 0 amide bonds. The van der Waals surface area contributed by atoms with Crippen LogP contribution >= 0.6 is 0 Å². The van der Waals surface area contributed by atoms with Crippen LogP contribution < -0.4 is 15.0 Å². The van der Waals surface area contributed by atoms with Gasteiger partial charge in [-0.2, -0.15) is 13.9 Å². The van der Waals surface area contributed by atoms with E-state index in [1.54, 1.807) is 13.2 Å². The molecule has 196 valence electrons. The molecule has 37 heavy (non-hydrogen) atoms. The molecule has 2 bridgehead atoms. The number of hydrogen-bond donors (Lipinski definition) is 1. The fraction of sp³-hybridized carbons (Fsp3) is 0.519. The molecule has 4 heterocycles. The topological polar surface area (TPSA) is 81.6 Å². The van der Waals surface area contributed by atoms with Gasteiger partial charge in [-0.15, -0.1) is 5.10 Å². The summed E-state index contributed by atoms with van der Waals surface area (Å²) < 4.78 is 45.7. The molecule has 3 aromatic rings. The largest absolute Gasteiger partial charge is 0.480 e. The van der Waals surface area contributed by atoms with E-state index in [1.165, 1.54) is 12.1 Å². The molecule has 3 atom stereocenters. The van der Waals surface area contributed by atoms with Gasteiger partial charge in [0.25, 0.3) is 0 Å². The highest BCUT2D eigenvalue weighted by Crippen LogP contribution is 2.42. The lowest BCUT2D eigenvalue weighted by Gasteiger charge is -2.37. The second kappa shape index (κ2) is 9.33. The first-order valence-corrected chi connectivity index (χ1v) is 12.8. The van der Waals surface area contributed by atoms with E-state index in [0.29, 0.717) is 54.5 Å². The van der Waals surface area contributed by atoms with Gasteiger partial charge in [-0.25, -0.2) is 4.98 Å². The number of aromatic nitrogens is 3. The number of nitrogens with one attached hydrogen (secondary N) is 1. The Labute approximate surface area is 214 Å². The smallest absolute Gasteiger partial charge is 0.383 e. The van der Waals surface area contributed by atoms with E-state index in [2.05, 4.69) is 26.5 Å². The molecule has 2 aromatic heterocycles. The molecule has 2 aliphatic heterocycles. The van der Waals surface area contributed by atoms with Gasteiger partial charge in [0, 0.05) is 5.39 Å². The monoisotopic (exact) mass is 511 g/mol. The molecular weight excluding hydrogens is 480 g/mol. The lowest BCUT2D eigenvalue weighted by Crippen LogP contribution is -2.46. The standard InChI is InChI=1S/C27H31F2N5O3/c1-15(17-5-4-6-18(11-17)27(28,29)37-21-9-10-21)30-25-22-12-23(34-19-7-8-20(34)14-36-13-19)26(35-3)31-24(22)16(2)32-33-25/h4-6,11-12,15,19-21H,7-10,13-14H2,1-3H3,(H,30,33)/t15-,19?,20?/m1/s1. The first-order valence-electron chi connectivity index (χ1n) is 12.8. The zero-order valence-electron chi connectivity index (χ0n) is 21.2. The maximum Gasteiger partial charge on any atom is 0.383 e. The van der Waals surface area contributed by atoms with Gasteiger partial charge in [-0.05, 0) is 57.2 Å². The van der Waals surface area contributed by atoms with Gasteiger partial charge in [-0.1, -0.05) is 18.2 Å². The van der Waals surface area contributed by atoms with Gasteiger partial charge in [-0.3, -0.25) is 0 Å². The number of rotatable bonds is 8. The van der Waals surface area contributed by atoms with Crippen molar-refractivity contribution in [1.82, 2.24) is 15.2 Å². The number of benzene rings is 1. The van der Waals surface area contributed by atoms with Crippen LogP contribution in [0, 0.1) is 6.92 Å². The summed E-state index contributed by atoms with van der Waals surface area (Å²) in [5.41, 5.74) is 2.82. The van der Waals surface area contributed by atoms with Crippen molar-refractivity contribution in [3.63, 3.8) is 0 Å². The molecular formula is C27H31F2N5O3. The SMILES string of the molecule is COc1nc2c(C)nnc(N[C@H](C)c3cccc(C(F)(F)OC4CC4)c3)c2cc1N1C2CCC1COC2. The number of morpholine rings is 1. The Morgan fingerprint density at radius 3 is 2.57 bits per heavy atom. The van der Waals surface area contributed by atoms with E-state index in [4.69, 9.17) is 19.2 Å². The second-order valence-electron chi connectivity index (χ2n) is 10.2. The van der Waals surface area contributed by atoms with E-state index in [9.17, 15) is 8.78 Å². The molecule has 2 unspecified atom stereocenters. The minimum atomic E-state index is -3.32. The van der Waals surface area contributed by atoms with Crippen molar-refractivity contribution in [2.45, 2.75) is 69.9 Å². The summed E-state index contributed by atoms with van der Waals surface area (Å²) >= 11 is 0. The van der Waals surface area contributed by atoms with Crippen LogP contribution in [0.4, 0.5) is 20.3 Å². The Morgan fingerprint density at radius 1 is 1.11 bits per heavy atom. The van der Waals surface area contributed by atoms with E-state index in [1.807, 2.05) is 19.9 Å². The molecule has 10 heteroatoms. The van der Waals surface area contributed by atoms with E-state index in [-0.39, 0.29) is 29.8 Å². The van der Waals surface area contributed by atoms with E-state index >= 15 is 0 Å². The highest BCUT2D eigenvalue weighted by atomic mass is 19.3. The Hall–Kier alpha value is -3.11. The third-order valence-corrected chi connectivity index (χ3v) is 7.49. The van der Waals surface area contributed by atoms with Crippen molar-refractivity contribution in [3.8, 4) is 5.88 Å². The first kappa shape index (κ1) is 24.2. The number of methoxy groups -OCH3 is 1. The molecule has 1 N–H and O–H groups in total. The third-order valence-electron chi connectivity index (χ3n) is 7.49. The number of pyridine rings is 1. The Morgan fingerprint density at radius 2 is 1.86 bits per heavy atom. The van der Waals surface area contributed by atoms with Gasteiger partial charge in [0.15, 0.2) is 5.82 Å². The molecule has 3 fully saturated rings. The summed E-state index contributed by atoms with van der Waals surface area (Å²) in [5.74, 6) is 1.09. The van der Waals surface area contributed by atoms with Crippen molar-refractivity contribution < 1.29 is 23.0 Å². The van der Waals surface area contributed by atoms with Crippen LogP contribution in [0.1, 0.15) is 55.5 Å². The van der Waals surface area contributed by atoms with Crippen molar-refractivity contribution in [2.75, 3.05) is 30.5 Å². The van der Waals surface area contributed by atoms with Gasteiger partial charge in [0.2, 0.25) is 5.88 Å². The molecule has 0 spiro atoms. The number of alkyl halides is 2. The number of hydrogen-bond acceptors (Lipinski definition) is 8. The lowest BCUT2D eigenvalue weighted by atomic mass is 10.0. The minimum absolute atomic E-state index is 0.151. The molecule has 1 saturated carbocycles. The normalized spacial score (nSPS) is 22.4. The number of fused-ring (bicyclic) bond motifs is 3. The predicted molar refractivity (Wildman–Crippen MR) is 135 cm³/mol. The molecule has 2 saturated heterocycles. The van der Waals surface area contributed by atoms with Gasteiger partial charge < -0.3 is 24.4 Å². The zero-order chi connectivity index (χ0) is 25.7. The number of nitrogens with zero attached hydrogens (tertiary/aromatic N) is 4. The Balaban J connectivity index is 1.34. The Kier molecular flexibility index (Phi) is 6.11. The van der Waals surface area contributed by atoms with Gasteiger partial charge in [0.05, 0.1) is 55.8 Å². The van der Waals surface area contributed by atoms with Crippen molar-refractivity contribution in [3.05, 3.63) is 47.2 Å². The van der Waals surface area contributed by atoms with Gasteiger partial charge in [0.1, 0.15) is 11.2 Å². The van der Waals surface area contributed by atoms with Crippen LogP contribution in [0.15, 0.2) is 30.3 Å². The molecule has 6 rings (SSSR count). The average molecular weight is 512 g/mol. The number of anilines is 2. The third kappa shape index (κ3) is 4.57. The summed E-state index contributed by atoms with van der Waals surface area (Å²) in [7, 11) is 1.63. The lowest BCUT2D eigenvalue weighted by molar-refractivity contribution is -0.255. The molecule has 1 aliphatic carbocycles. The predicted octanol–water partition coefficient (Wildman–Crippen LogP) is 5.11. The first-order chi connectivity index (χ1) is 17.8. The fourth-order valence-electron chi connectivity index (χ4n) is 5.37. The fourth-order valence-corrected chi connectivity index (χ4v) is 5.37. The summed E-state index contributed by atoms with van der Waals surface area (Å²) in [4.78, 5) is 7.19. The molecule has 1 aromatic carbocycles. The van der Waals surface area contributed by atoms with Crippen LogP contribution in [-0.2, 0) is 15.6 Å². The number of ether oxygens (including phenoxy) is 3. The maximum atomic E-state index is 14.6. The molecule has 3 aliphatic rings. The van der Waals surface area contributed by atoms with E-state index < -0.39 is 6.11 Å². The summed E-state index contributed by atoms with van der Waals surface area (Å²) in [6.45, 7) is 5.13. The van der Waals surface area contributed by atoms with Gasteiger partial charge >= 0.3 is 6.11 Å². The second-order valence-corrected chi connectivity index (χ2v) is 10.2. The highest BCUT2D eigenvalue weighted by Gasteiger charge is 2.41. The van der Waals surface area contributed by atoms with Crippen LogP contribution in [0.2, 0.25) is 0 Å². The van der Waals surface area contributed by atoms with Crippen LogP contribution in [-0.4, -0.2) is 53.7 Å². The maximum absolute atomic E-state index is 14.6. The van der Waals surface area contributed by atoms with E-state index in [0.717, 1.165) is 23.9 Å². The quantitative estimate of drug-likeness (QED) is 0.447. The average Bonchev–Trinajstić information content (AvgIpc) is 3.67. The van der Waals surface area contributed by atoms with Crippen molar-refractivity contribution in [1.29, 1.82) is 0 Å². The van der Waals surface area contributed by atoms with Crippen molar-refractivity contribution >= 4 is 22.4 Å². The minimum Gasteiger partial charge on any atom is -0.480 e. The zero-order valence-corrected chi connectivity index (χ0v) is 21.2. The summed E-state index contributed by atoms with van der Waals surface area (Å²) in [6, 6.07) is 8.63. The van der Waals surface area contributed by atoms with Crippen LogP contribution in [0.25, 0.3) is 10.9 Å². The number of aryl methyl sites for hydroxylation is 1. The van der Waals surface area contributed by atoms with Crippen LogP contribution in [0.5, 0.6) is 5.88 Å². The highest BCUT2D eigenvalue weighted by molar-refractivity contribution is 5.94. The Bertz CT molecular complexity index is 1300. The molecule has 8 nitrogen and oxygen atoms in total. The summed E-state index contributed by atoms with van der Waals surface area (Å²) in [6.07, 6.45) is -0.192. The van der Waals surface area contributed by atoms with Crippen LogP contribution in [0.3, 0.4) is 0 Å². The molecule has 0 radical (unpaired) electrons. The van der Waals surface area contributed by atoms with Crippen molar-refractivity contribution in [2.24, 2.45) is 0 Å².